The van der Waals surface area contributed by atoms with Gasteiger partial charge in [-0.2, -0.15) is 13.2 Å². The van der Waals surface area contributed by atoms with E-state index in [1.54, 1.807) is 6.07 Å². The number of rotatable bonds is 3. The highest BCUT2D eigenvalue weighted by atomic mass is 35.5. The van der Waals surface area contributed by atoms with Crippen LogP contribution in [0.25, 0.3) is 0 Å². The van der Waals surface area contributed by atoms with E-state index >= 15 is 0 Å². The fourth-order valence-corrected chi connectivity index (χ4v) is 1.10. The lowest BCUT2D eigenvalue weighted by atomic mass is 10.3. The van der Waals surface area contributed by atoms with Gasteiger partial charge in [-0.25, -0.2) is 4.98 Å². The van der Waals surface area contributed by atoms with E-state index < -0.39 is 24.9 Å². The molecule has 0 aliphatic heterocycles. The minimum atomic E-state index is -4.34. The van der Waals surface area contributed by atoms with E-state index in [2.05, 4.69) is 10.3 Å². The van der Waals surface area contributed by atoms with Gasteiger partial charge >= 0.3 is 6.18 Å². The van der Waals surface area contributed by atoms with Crippen molar-refractivity contribution in [2.75, 3.05) is 5.32 Å². The van der Waals surface area contributed by atoms with Gasteiger partial charge in [-0.3, -0.25) is 4.79 Å². The van der Waals surface area contributed by atoms with Crippen molar-refractivity contribution in [2.24, 2.45) is 0 Å². The van der Waals surface area contributed by atoms with Gasteiger partial charge in [-0.05, 0) is 12.1 Å². The van der Waals surface area contributed by atoms with Crippen LogP contribution >= 0.6 is 11.6 Å². The third-order valence-corrected chi connectivity index (χ3v) is 1.96. The van der Waals surface area contributed by atoms with Crippen LogP contribution in [-0.2, 0) is 4.79 Å². The summed E-state index contributed by atoms with van der Waals surface area (Å²) >= 11 is 5.66. The van der Waals surface area contributed by atoms with Crippen molar-refractivity contribution in [1.82, 2.24) is 4.98 Å². The van der Waals surface area contributed by atoms with Crippen molar-refractivity contribution in [3.8, 4) is 0 Å². The summed E-state index contributed by atoms with van der Waals surface area (Å²) in [4.78, 5) is 14.8. The Hall–Kier alpha value is -1.30. The molecule has 1 aromatic rings. The second kappa shape index (κ2) is 5.16. The Morgan fingerprint density at radius 3 is 2.75 bits per heavy atom. The molecule has 1 amide bonds. The molecule has 1 N–H and O–H groups in total. The highest BCUT2D eigenvalue weighted by molar-refractivity contribution is 6.33. The number of anilines is 1. The number of hydrogen-bond donors (Lipinski definition) is 1. The number of halogens is 4. The average Bonchev–Trinajstić information content (AvgIpc) is 2.18. The Bertz CT molecular complexity index is 381. The molecule has 1 aromatic heterocycles. The molecular weight excluding hydrogens is 245 g/mol. The summed E-state index contributed by atoms with van der Waals surface area (Å²) in [6.07, 6.45) is -4.77. The number of nitrogens with zero attached hydrogens (tertiary/aromatic N) is 1. The number of aromatic nitrogens is 1. The Morgan fingerprint density at radius 2 is 2.19 bits per heavy atom. The number of amides is 1. The van der Waals surface area contributed by atoms with Crippen molar-refractivity contribution in [3.63, 3.8) is 0 Å². The van der Waals surface area contributed by atoms with Crippen LogP contribution in [-0.4, -0.2) is 17.1 Å². The van der Waals surface area contributed by atoms with Gasteiger partial charge in [-0.1, -0.05) is 11.6 Å². The third kappa shape index (κ3) is 4.48. The summed E-state index contributed by atoms with van der Waals surface area (Å²) < 4.78 is 35.4. The van der Waals surface area contributed by atoms with Crippen LogP contribution in [0.3, 0.4) is 0 Å². The lowest BCUT2D eigenvalue weighted by molar-refractivity contribution is -0.142. The molecule has 1 rings (SSSR count). The molecule has 0 bridgehead atoms. The number of nitrogens with one attached hydrogen (secondary N) is 1. The van der Waals surface area contributed by atoms with Gasteiger partial charge in [0, 0.05) is 12.6 Å². The second-order valence-corrected chi connectivity index (χ2v) is 3.40. The van der Waals surface area contributed by atoms with E-state index in [1.807, 2.05) is 0 Å². The Morgan fingerprint density at radius 1 is 1.50 bits per heavy atom. The summed E-state index contributed by atoms with van der Waals surface area (Å²) in [7, 11) is 0. The number of alkyl halides is 3. The number of carbonyl (C=O) groups is 1. The molecule has 0 saturated heterocycles. The highest BCUT2D eigenvalue weighted by Crippen LogP contribution is 2.22. The molecule has 0 atom stereocenters. The van der Waals surface area contributed by atoms with Crippen LogP contribution in [0, 0.1) is 0 Å². The zero-order valence-electron chi connectivity index (χ0n) is 8.01. The molecule has 7 heteroatoms. The van der Waals surface area contributed by atoms with E-state index in [1.165, 1.54) is 12.3 Å². The molecule has 88 valence electrons. The normalized spacial score (nSPS) is 11.2. The van der Waals surface area contributed by atoms with Crippen molar-refractivity contribution < 1.29 is 18.0 Å². The topological polar surface area (TPSA) is 42.0 Å². The number of pyridine rings is 1. The maximum absolute atomic E-state index is 11.8. The van der Waals surface area contributed by atoms with Crippen LogP contribution < -0.4 is 5.32 Å². The summed E-state index contributed by atoms with van der Waals surface area (Å²) in [5.74, 6) is -0.700. The first-order valence-electron chi connectivity index (χ1n) is 4.35. The maximum atomic E-state index is 11.8. The maximum Gasteiger partial charge on any atom is 0.389 e. The van der Waals surface area contributed by atoms with E-state index in [0.29, 0.717) is 0 Å². The van der Waals surface area contributed by atoms with Crippen LogP contribution in [0.4, 0.5) is 19.0 Å². The summed E-state index contributed by atoms with van der Waals surface area (Å²) in [5, 5.41) is 2.38. The van der Waals surface area contributed by atoms with Gasteiger partial charge in [0.25, 0.3) is 0 Å². The largest absolute Gasteiger partial charge is 0.389 e. The number of hydrogen-bond acceptors (Lipinski definition) is 2. The van der Waals surface area contributed by atoms with E-state index in [0.717, 1.165) is 0 Å². The highest BCUT2D eigenvalue weighted by Gasteiger charge is 2.27. The first kappa shape index (κ1) is 12.8. The predicted molar refractivity (Wildman–Crippen MR) is 53.2 cm³/mol. The van der Waals surface area contributed by atoms with Crippen LogP contribution in [0.1, 0.15) is 12.8 Å². The summed E-state index contributed by atoms with van der Waals surface area (Å²) in [6, 6.07) is 3.03. The van der Waals surface area contributed by atoms with E-state index in [9.17, 15) is 18.0 Å². The third-order valence-electron chi connectivity index (χ3n) is 1.65. The SMILES string of the molecule is O=C(CCC(F)(F)F)Nc1ncccc1Cl. The molecular formula is C9H8ClF3N2O. The van der Waals surface area contributed by atoms with Gasteiger partial charge in [0.2, 0.25) is 5.91 Å². The van der Waals surface area contributed by atoms with Gasteiger partial charge in [-0.15, -0.1) is 0 Å². The average molecular weight is 253 g/mol. The second-order valence-electron chi connectivity index (χ2n) is 3.00. The molecule has 0 unspecified atom stereocenters. The quantitative estimate of drug-likeness (QED) is 0.898. The van der Waals surface area contributed by atoms with Gasteiger partial charge in [0.05, 0.1) is 11.4 Å². The lowest BCUT2D eigenvalue weighted by Crippen LogP contribution is -2.17. The Labute approximate surface area is 94.6 Å². The van der Waals surface area contributed by atoms with Gasteiger partial charge < -0.3 is 5.32 Å². The fraction of sp³-hybridized carbons (Fsp3) is 0.333. The minimum Gasteiger partial charge on any atom is -0.309 e. The van der Waals surface area contributed by atoms with E-state index in [-0.39, 0.29) is 10.8 Å². The van der Waals surface area contributed by atoms with Gasteiger partial charge in [0.1, 0.15) is 0 Å². The summed E-state index contributed by atoms with van der Waals surface area (Å²) in [5.41, 5.74) is 0. The molecule has 3 nitrogen and oxygen atoms in total. The first-order chi connectivity index (χ1) is 7.38. The Balaban J connectivity index is 2.50. The number of carbonyl (C=O) groups excluding carboxylic acids is 1. The monoisotopic (exact) mass is 252 g/mol. The summed E-state index contributed by atoms with van der Waals surface area (Å²) in [6.45, 7) is 0. The first-order valence-corrected chi connectivity index (χ1v) is 4.73. The van der Waals surface area contributed by atoms with Crippen molar-refractivity contribution in [1.29, 1.82) is 0 Å². The van der Waals surface area contributed by atoms with Crippen LogP contribution in [0.5, 0.6) is 0 Å². The molecule has 1 heterocycles. The van der Waals surface area contributed by atoms with Crippen molar-refractivity contribution in [2.45, 2.75) is 19.0 Å². The van der Waals surface area contributed by atoms with Crippen LogP contribution in [0.15, 0.2) is 18.3 Å². The zero-order chi connectivity index (χ0) is 12.2. The molecule has 0 aliphatic rings. The smallest absolute Gasteiger partial charge is 0.309 e. The van der Waals surface area contributed by atoms with E-state index in [4.69, 9.17) is 11.6 Å². The molecule has 0 fully saturated rings. The molecule has 0 aliphatic carbocycles. The molecule has 0 radical (unpaired) electrons. The fourth-order valence-electron chi connectivity index (χ4n) is 0.927. The Kier molecular flexibility index (Phi) is 4.12. The van der Waals surface area contributed by atoms with Crippen molar-refractivity contribution in [3.05, 3.63) is 23.4 Å². The lowest BCUT2D eigenvalue weighted by Gasteiger charge is -2.07. The predicted octanol–water partition coefficient (Wildman–Crippen LogP) is 3.02. The van der Waals surface area contributed by atoms with Crippen molar-refractivity contribution >= 4 is 23.3 Å². The standard InChI is InChI=1S/C9H8ClF3N2O/c10-6-2-1-5-14-8(6)15-7(16)3-4-9(11,12)13/h1-2,5H,3-4H2,(H,14,15,16). The molecule has 0 saturated carbocycles. The molecule has 0 aromatic carbocycles. The zero-order valence-corrected chi connectivity index (χ0v) is 8.77. The van der Waals surface area contributed by atoms with Crippen LogP contribution in [0.2, 0.25) is 5.02 Å². The minimum absolute atomic E-state index is 0.0661. The van der Waals surface area contributed by atoms with Gasteiger partial charge in [0.15, 0.2) is 5.82 Å². The molecule has 0 spiro atoms. The molecule has 16 heavy (non-hydrogen) atoms.